The molecule has 0 spiro atoms. The Bertz CT molecular complexity index is 492. The third-order valence-corrected chi connectivity index (χ3v) is 5.97. The van der Waals surface area contributed by atoms with Crippen LogP contribution in [0.2, 0.25) is 0 Å². The maximum atomic E-state index is 10.2. The molecule has 0 amide bonds. The summed E-state index contributed by atoms with van der Waals surface area (Å²) < 4.78 is 0. The smallest absolute Gasteiger partial charge is 0.138 e. The van der Waals surface area contributed by atoms with Gasteiger partial charge in [0.25, 0.3) is 0 Å². The Morgan fingerprint density at radius 1 is 0.950 bits per heavy atom. The average Bonchev–Trinajstić information content (AvgIpc) is 2.97. The molecule has 2 N–H and O–H groups in total. The van der Waals surface area contributed by atoms with Crippen molar-refractivity contribution in [2.45, 2.75) is 63.3 Å². The first-order chi connectivity index (χ1) is 9.84. The highest BCUT2D eigenvalue weighted by Crippen LogP contribution is 2.52. The van der Waals surface area contributed by atoms with Crippen LogP contribution in [-0.2, 0) is 0 Å². The summed E-state index contributed by atoms with van der Waals surface area (Å²) in [4.78, 5) is 0. The summed E-state index contributed by atoms with van der Waals surface area (Å²) in [6.07, 6.45) is 11.0. The standard InChI is InChI=1S/C18H25NO/c20-16-11-5-10-15-13-8-4-9-14(13)17(19-18(15)16)12-6-2-1-3-7-12/h5,10-14,17,19-20H,1-4,6-9H2/t13-,14+,17+/m0/s1. The van der Waals surface area contributed by atoms with Gasteiger partial charge >= 0.3 is 0 Å². The van der Waals surface area contributed by atoms with Gasteiger partial charge in [0.2, 0.25) is 0 Å². The lowest BCUT2D eigenvalue weighted by Gasteiger charge is -2.42. The molecular formula is C18H25NO. The van der Waals surface area contributed by atoms with E-state index in [-0.39, 0.29) is 0 Å². The third kappa shape index (κ3) is 1.92. The molecule has 2 saturated carbocycles. The van der Waals surface area contributed by atoms with Crippen LogP contribution in [0.1, 0.15) is 62.8 Å². The van der Waals surface area contributed by atoms with Crippen molar-refractivity contribution in [3.8, 4) is 5.75 Å². The zero-order valence-corrected chi connectivity index (χ0v) is 12.1. The fourth-order valence-corrected chi connectivity index (χ4v) is 5.06. The van der Waals surface area contributed by atoms with Crippen molar-refractivity contribution in [2.24, 2.45) is 11.8 Å². The molecule has 20 heavy (non-hydrogen) atoms. The molecule has 2 fully saturated rings. The molecule has 1 heterocycles. The molecule has 4 rings (SSSR count). The lowest BCUT2D eigenvalue weighted by Crippen LogP contribution is -2.42. The molecule has 108 valence electrons. The van der Waals surface area contributed by atoms with E-state index < -0.39 is 0 Å². The van der Waals surface area contributed by atoms with E-state index in [4.69, 9.17) is 0 Å². The first kappa shape index (κ1) is 12.6. The average molecular weight is 271 g/mol. The van der Waals surface area contributed by atoms with Gasteiger partial charge in [-0.25, -0.2) is 0 Å². The number of rotatable bonds is 1. The summed E-state index contributed by atoms with van der Waals surface area (Å²) in [6.45, 7) is 0. The molecular weight excluding hydrogens is 246 g/mol. The van der Waals surface area contributed by atoms with E-state index in [0.717, 1.165) is 17.5 Å². The van der Waals surface area contributed by atoms with Crippen LogP contribution in [0.15, 0.2) is 18.2 Å². The number of nitrogens with one attached hydrogen (secondary N) is 1. The van der Waals surface area contributed by atoms with E-state index in [2.05, 4.69) is 11.4 Å². The number of benzene rings is 1. The Balaban J connectivity index is 1.70. The Morgan fingerprint density at radius 3 is 2.65 bits per heavy atom. The van der Waals surface area contributed by atoms with Crippen molar-refractivity contribution in [2.75, 3.05) is 5.32 Å². The maximum Gasteiger partial charge on any atom is 0.138 e. The molecule has 0 unspecified atom stereocenters. The number of aromatic hydroxyl groups is 1. The molecule has 2 nitrogen and oxygen atoms in total. The molecule has 2 heteroatoms. The largest absolute Gasteiger partial charge is 0.506 e. The second-order valence-corrected chi connectivity index (χ2v) is 7.01. The van der Waals surface area contributed by atoms with E-state index in [9.17, 15) is 5.11 Å². The fraction of sp³-hybridized carbons (Fsp3) is 0.667. The fourth-order valence-electron chi connectivity index (χ4n) is 5.06. The SMILES string of the molecule is Oc1cccc2c1N[C@H](C1CCCCC1)[C@@H]1CCC[C@H]21. The molecule has 0 radical (unpaired) electrons. The second kappa shape index (κ2) is 4.98. The van der Waals surface area contributed by atoms with Gasteiger partial charge in [-0.15, -0.1) is 0 Å². The normalized spacial score (nSPS) is 33.3. The first-order valence-electron chi connectivity index (χ1n) is 8.43. The Kier molecular flexibility index (Phi) is 3.13. The van der Waals surface area contributed by atoms with Crippen molar-refractivity contribution in [1.29, 1.82) is 0 Å². The Labute approximate surface area is 121 Å². The molecule has 1 aliphatic heterocycles. The van der Waals surface area contributed by atoms with Gasteiger partial charge in [0.1, 0.15) is 5.75 Å². The quantitative estimate of drug-likeness (QED) is 0.729. The number of anilines is 1. The Morgan fingerprint density at radius 2 is 1.80 bits per heavy atom. The number of phenols is 1. The number of phenolic OH excluding ortho intramolecular Hbond substituents is 1. The molecule has 3 atom stereocenters. The Hall–Kier alpha value is -1.18. The van der Waals surface area contributed by atoms with Crippen molar-refractivity contribution in [1.82, 2.24) is 0 Å². The number of hydrogen-bond acceptors (Lipinski definition) is 2. The van der Waals surface area contributed by atoms with Crippen molar-refractivity contribution < 1.29 is 5.11 Å². The molecule has 0 bridgehead atoms. The minimum atomic E-state index is 0.452. The zero-order valence-electron chi connectivity index (χ0n) is 12.1. The minimum absolute atomic E-state index is 0.452. The lowest BCUT2D eigenvalue weighted by atomic mass is 9.71. The summed E-state index contributed by atoms with van der Waals surface area (Å²) in [5.41, 5.74) is 2.42. The molecule has 0 saturated heterocycles. The molecule has 1 aromatic rings. The van der Waals surface area contributed by atoms with Crippen molar-refractivity contribution in [3.05, 3.63) is 23.8 Å². The number of fused-ring (bicyclic) bond motifs is 3. The minimum Gasteiger partial charge on any atom is -0.506 e. The van der Waals surface area contributed by atoms with Crippen LogP contribution in [0.5, 0.6) is 5.75 Å². The van der Waals surface area contributed by atoms with E-state index in [1.54, 1.807) is 0 Å². The highest BCUT2D eigenvalue weighted by molar-refractivity contribution is 5.65. The predicted molar refractivity (Wildman–Crippen MR) is 82.2 cm³/mol. The van der Waals surface area contributed by atoms with E-state index in [1.165, 1.54) is 56.9 Å². The molecule has 2 aliphatic carbocycles. The highest BCUT2D eigenvalue weighted by atomic mass is 16.3. The summed E-state index contributed by atoms with van der Waals surface area (Å²) >= 11 is 0. The van der Waals surface area contributed by atoms with Gasteiger partial charge in [0.05, 0.1) is 5.69 Å². The van der Waals surface area contributed by atoms with Crippen LogP contribution >= 0.6 is 0 Å². The maximum absolute atomic E-state index is 10.2. The highest BCUT2D eigenvalue weighted by Gasteiger charge is 2.43. The third-order valence-electron chi connectivity index (χ3n) is 5.97. The van der Waals surface area contributed by atoms with Crippen LogP contribution in [0.3, 0.4) is 0 Å². The van der Waals surface area contributed by atoms with Gasteiger partial charge in [0.15, 0.2) is 0 Å². The van der Waals surface area contributed by atoms with Crippen LogP contribution in [0.25, 0.3) is 0 Å². The van der Waals surface area contributed by atoms with Crippen molar-refractivity contribution >= 4 is 5.69 Å². The zero-order chi connectivity index (χ0) is 13.5. The monoisotopic (exact) mass is 271 g/mol. The van der Waals surface area contributed by atoms with E-state index in [1.807, 2.05) is 12.1 Å². The molecule has 1 aromatic carbocycles. The van der Waals surface area contributed by atoms with Crippen molar-refractivity contribution in [3.63, 3.8) is 0 Å². The van der Waals surface area contributed by atoms with Crippen LogP contribution in [0.4, 0.5) is 5.69 Å². The van der Waals surface area contributed by atoms with Gasteiger partial charge in [-0.1, -0.05) is 37.8 Å². The number of hydrogen-bond donors (Lipinski definition) is 2. The van der Waals surface area contributed by atoms with Crippen LogP contribution in [0, 0.1) is 11.8 Å². The van der Waals surface area contributed by atoms with Gasteiger partial charge in [0, 0.05) is 6.04 Å². The van der Waals surface area contributed by atoms with Gasteiger partial charge in [-0.2, -0.15) is 0 Å². The second-order valence-electron chi connectivity index (χ2n) is 7.01. The van der Waals surface area contributed by atoms with Gasteiger partial charge in [-0.3, -0.25) is 0 Å². The summed E-state index contributed by atoms with van der Waals surface area (Å²) in [5, 5.41) is 14.0. The summed E-state index contributed by atoms with van der Waals surface area (Å²) in [7, 11) is 0. The summed E-state index contributed by atoms with van der Waals surface area (Å²) in [6, 6.07) is 6.66. The number of para-hydroxylation sites is 1. The van der Waals surface area contributed by atoms with Gasteiger partial charge in [-0.05, 0) is 55.1 Å². The van der Waals surface area contributed by atoms with Gasteiger partial charge < -0.3 is 10.4 Å². The predicted octanol–water partition coefficient (Wildman–Crippen LogP) is 4.65. The van der Waals surface area contributed by atoms with E-state index in [0.29, 0.717) is 17.7 Å². The lowest BCUT2D eigenvalue weighted by molar-refractivity contribution is 0.241. The van der Waals surface area contributed by atoms with Crippen LogP contribution in [-0.4, -0.2) is 11.1 Å². The van der Waals surface area contributed by atoms with E-state index >= 15 is 0 Å². The molecule has 0 aromatic heterocycles. The molecule has 3 aliphatic rings. The first-order valence-corrected chi connectivity index (χ1v) is 8.43. The topological polar surface area (TPSA) is 32.3 Å². The van der Waals surface area contributed by atoms with Crippen LogP contribution < -0.4 is 5.32 Å². The summed E-state index contributed by atoms with van der Waals surface area (Å²) in [5.74, 6) is 2.76.